The van der Waals surface area contributed by atoms with Crippen LogP contribution in [0, 0.1) is 0 Å². The van der Waals surface area contributed by atoms with Gasteiger partial charge in [-0.05, 0) is 46.2 Å². The molecule has 3 unspecified atom stereocenters. The van der Waals surface area contributed by atoms with Crippen LogP contribution in [0.2, 0.25) is 0 Å². The molecule has 2 heterocycles. The molecular formula is C13H25N3O. The molecule has 3 atom stereocenters. The molecule has 0 aliphatic carbocycles. The van der Waals surface area contributed by atoms with Gasteiger partial charge in [0.05, 0.1) is 6.04 Å². The molecule has 0 radical (unpaired) electrons. The van der Waals surface area contributed by atoms with E-state index in [0.717, 1.165) is 32.4 Å². The van der Waals surface area contributed by atoms with E-state index in [4.69, 9.17) is 0 Å². The van der Waals surface area contributed by atoms with Gasteiger partial charge < -0.3 is 15.5 Å². The van der Waals surface area contributed by atoms with Crippen LogP contribution in [-0.4, -0.2) is 49.1 Å². The summed E-state index contributed by atoms with van der Waals surface area (Å²) >= 11 is 0. The molecule has 0 aromatic carbocycles. The lowest BCUT2D eigenvalue weighted by atomic mass is 9.97. The van der Waals surface area contributed by atoms with Crippen LogP contribution < -0.4 is 10.6 Å². The van der Waals surface area contributed by atoms with Gasteiger partial charge in [0.1, 0.15) is 0 Å². The number of carbonyl (C=O) groups excluding carboxylic acids is 1. The number of nitrogens with one attached hydrogen (secondary N) is 2. The van der Waals surface area contributed by atoms with Crippen molar-refractivity contribution in [3.8, 4) is 0 Å². The van der Waals surface area contributed by atoms with Gasteiger partial charge in [-0.15, -0.1) is 0 Å². The highest BCUT2D eigenvalue weighted by atomic mass is 16.2. The molecule has 0 saturated carbocycles. The minimum absolute atomic E-state index is 0.0544. The molecule has 0 spiro atoms. The predicted molar refractivity (Wildman–Crippen MR) is 68.9 cm³/mol. The number of piperidine rings is 2. The normalized spacial score (nSPS) is 35.5. The molecule has 2 aliphatic heterocycles. The van der Waals surface area contributed by atoms with Gasteiger partial charge in [0.15, 0.2) is 0 Å². The van der Waals surface area contributed by atoms with E-state index in [1.165, 1.54) is 12.8 Å². The highest BCUT2D eigenvalue weighted by molar-refractivity contribution is 5.82. The van der Waals surface area contributed by atoms with Crippen LogP contribution in [0.15, 0.2) is 0 Å². The SMILES string of the molecule is CC1CC(NC(=O)C2CCCCN2)CCN1C. The third-order valence-electron chi connectivity index (χ3n) is 4.18. The summed E-state index contributed by atoms with van der Waals surface area (Å²) < 4.78 is 0. The van der Waals surface area contributed by atoms with Crippen molar-refractivity contribution in [3.05, 3.63) is 0 Å². The van der Waals surface area contributed by atoms with Crippen molar-refractivity contribution < 1.29 is 4.79 Å². The molecule has 0 bridgehead atoms. The van der Waals surface area contributed by atoms with E-state index in [1.807, 2.05) is 0 Å². The Balaban J connectivity index is 1.78. The number of amides is 1. The lowest BCUT2D eigenvalue weighted by molar-refractivity contribution is -0.124. The van der Waals surface area contributed by atoms with Crippen molar-refractivity contribution in [1.82, 2.24) is 15.5 Å². The van der Waals surface area contributed by atoms with Gasteiger partial charge in [0, 0.05) is 18.6 Å². The zero-order chi connectivity index (χ0) is 12.3. The van der Waals surface area contributed by atoms with Crippen LogP contribution in [0.1, 0.15) is 39.0 Å². The fourth-order valence-electron chi connectivity index (χ4n) is 2.80. The Bertz CT molecular complexity index is 263. The van der Waals surface area contributed by atoms with Gasteiger partial charge >= 0.3 is 0 Å². The first kappa shape index (κ1) is 12.8. The fourth-order valence-corrected chi connectivity index (χ4v) is 2.80. The maximum atomic E-state index is 12.1. The molecule has 2 saturated heterocycles. The molecule has 0 aromatic heterocycles. The second kappa shape index (κ2) is 5.83. The monoisotopic (exact) mass is 239 g/mol. The minimum atomic E-state index is 0.0544. The van der Waals surface area contributed by atoms with Gasteiger partial charge in [-0.3, -0.25) is 4.79 Å². The Morgan fingerprint density at radius 1 is 1.35 bits per heavy atom. The summed E-state index contributed by atoms with van der Waals surface area (Å²) in [6.45, 7) is 4.31. The zero-order valence-electron chi connectivity index (χ0n) is 11.0. The van der Waals surface area contributed by atoms with E-state index in [-0.39, 0.29) is 11.9 Å². The summed E-state index contributed by atoms with van der Waals surface area (Å²) in [4.78, 5) is 14.4. The largest absolute Gasteiger partial charge is 0.352 e. The van der Waals surface area contributed by atoms with E-state index in [1.54, 1.807) is 0 Å². The highest BCUT2D eigenvalue weighted by Crippen LogP contribution is 2.16. The first-order valence-corrected chi connectivity index (χ1v) is 6.91. The fraction of sp³-hybridized carbons (Fsp3) is 0.923. The topological polar surface area (TPSA) is 44.4 Å². The molecule has 98 valence electrons. The summed E-state index contributed by atoms with van der Waals surface area (Å²) in [5.41, 5.74) is 0. The lowest BCUT2D eigenvalue weighted by Crippen LogP contribution is -2.53. The molecular weight excluding hydrogens is 214 g/mol. The Kier molecular flexibility index (Phi) is 4.40. The van der Waals surface area contributed by atoms with Gasteiger partial charge in [-0.2, -0.15) is 0 Å². The molecule has 2 N–H and O–H groups in total. The van der Waals surface area contributed by atoms with Gasteiger partial charge in [0.25, 0.3) is 0 Å². The molecule has 4 heteroatoms. The summed E-state index contributed by atoms with van der Waals surface area (Å²) in [7, 11) is 2.16. The summed E-state index contributed by atoms with van der Waals surface area (Å²) in [6.07, 6.45) is 5.53. The number of likely N-dealkylation sites (tertiary alicyclic amines) is 1. The molecule has 4 nitrogen and oxygen atoms in total. The predicted octanol–water partition coefficient (Wildman–Crippen LogP) is 0.727. The van der Waals surface area contributed by atoms with E-state index in [0.29, 0.717) is 12.1 Å². The standard InChI is InChI=1S/C13H25N3O/c1-10-9-11(6-8-16(10)2)15-13(17)12-5-3-4-7-14-12/h10-12,14H,3-9H2,1-2H3,(H,15,17). The quantitative estimate of drug-likeness (QED) is 0.746. The number of hydrogen-bond donors (Lipinski definition) is 2. The van der Waals surface area contributed by atoms with Crippen molar-refractivity contribution >= 4 is 5.91 Å². The average Bonchev–Trinajstić information content (AvgIpc) is 2.35. The molecule has 17 heavy (non-hydrogen) atoms. The summed E-state index contributed by atoms with van der Waals surface area (Å²) in [6, 6.07) is 1.00. The van der Waals surface area contributed by atoms with Crippen LogP contribution in [0.4, 0.5) is 0 Å². The second-order valence-corrected chi connectivity index (χ2v) is 5.56. The second-order valence-electron chi connectivity index (χ2n) is 5.56. The van der Waals surface area contributed by atoms with Crippen molar-refractivity contribution in [2.75, 3.05) is 20.1 Å². The highest BCUT2D eigenvalue weighted by Gasteiger charge is 2.27. The molecule has 2 fully saturated rings. The van der Waals surface area contributed by atoms with Crippen LogP contribution in [-0.2, 0) is 4.79 Å². The van der Waals surface area contributed by atoms with Gasteiger partial charge in [-0.1, -0.05) is 6.42 Å². The van der Waals surface area contributed by atoms with Crippen LogP contribution in [0.25, 0.3) is 0 Å². The summed E-state index contributed by atoms with van der Waals surface area (Å²) in [5, 5.41) is 6.52. The summed E-state index contributed by atoms with van der Waals surface area (Å²) in [5.74, 6) is 0.214. The Morgan fingerprint density at radius 3 is 2.82 bits per heavy atom. The van der Waals surface area contributed by atoms with Gasteiger partial charge in [-0.25, -0.2) is 0 Å². The third kappa shape index (κ3) is 3.42. The van der Waals surface area contributed by atoms with Gasteiger partial charge in [0.2, 0.25) is 5.91 Å². The van der Waals surface area contributed by atoms with Crippen molar-refractivity contribution in [2.24, 2.45) is 0 Å². The maximum Gasteiger partial charge on any atom is 0.237 e. The van der Waals surface area contributed by atoms with Crippen LogP contribution in [0.5, 0.6) is 0 Å². The number of carbonyl (C=O) groups is 1. The average molecular weight is 239 g/mol. The third-order valence-corrected chi connectivity index (χ3v) is 4.18. The van der Waals surface area contributed by atoms with E-state index in [2.05, 4.69) is 29.5 Å². The van der Waals surface area contributed by atoms with Crippen molar-refractivity contribution in [1.29, 1.82) is 0 Å². The maximum absolute atomic E-state index is 12.1. The molecule has 1 amide bonds. The number of rotatable bonds is 2. The number of nitrogens with zero attached hydrogens (tertiary/aromatic N) is 1. The Hall–Kier alpha value is -0.610. The lowest BCUT2D eigenvalue weighted by Gasteiger charge is -2.36. The van der Waals surface area contributed by atoms with E-state index >= 15 is 0 Å². The van der Waals surface area contributed by atoms with Crippen molar-refractivity contribution in [3.63, 3.8) is 0 Å². The Labute approximate surface area is 104 Å². The first-order chi connectivity index (χ1) is 8.16. The van der Waals surface area contributed by atoms with Crippen LogP contribution >= 0.6 is 0 Å². The smallest absolute Gasteiger partial charge is 0.237 e. The Morgan fingerprint density at radius 2 is 2.18 bits per heavy atom. The van der Waals surface area contributed by atoms with Crippen LogP contribution in [0.3, 0.4) is 0 Å². The molecule has 2 rings (SSSR count). The van der Waals surface area contributed by atoms with Crippen molar-refractivity contribution in [2.45, 2.75) is 57.2 Å². The zero-order valence-corrected chi connectivity index (χ0v) is 11.0. The number of hydrogen-bond acceptors (Lipinski definition) is 3. The first-order valence-electron chi connectivity index (χ1n) is 6.91. The van der Waals surface area contributed by atoms with E-state index < -0.39 is 0 Å². The minimum Gasteiger partial charge on any atom is -0.352 e. The molecule has 0 aromatic rings. The van der Waals surface area contributed by atoms with E-state index in [9.17, 15) is 4.79 Å². The molecule has 2 aliphatic rings.